The molecule has 1 unspecified atom stereocenters. The fourth-order valence-corrected chi connectivity index (χ4v) is 7.93. The fraction of sp³-hybridized carbons (Fsp3) is 0.348. The summed E-state index contributed by atoms with van der Waals surface area (Å²) in [5.74, 6) is -0.505. The van der Waals surface area contributed by atoms with E-state index in [9.17, 15) is 17.8 Å². The number of rotatable bonds is 10. The van der Waals surface area contributed by atoms with Crippen molar-refractivity contribution in [2.45, 2.75) is 43.8 Å². The van der Waals surface area contributed by atoms with E-state index in [4.69, 9.17) is 20.6 Å². The van der Waals surface area contributed by atoms with E-state index in [1.807, 2.05) is 20.8 Å². The zero-order valence-corrected chi connectivity index (χ0v) is 21.2. The second-order valence-corrected chi connectivity index (χ2v) is 12.0. The lowest BCUT2D eigenvalue weighted by molar-refractivity contribution is 0.103. The van der Waals surface area contributed by atoms with Gasteiger partial charge in [-0.25, -0.2) is 8.42 Å². The first kappa shape index (κ1) is 25.8. The molecule has 1 atom stereocenters. The number of aryl methyl sites for hydroxylation is 1. The van der Waals surface area contributed by atoms with E-state index in [0.29, 0.717) is 12.8 Å². The summed E-state index contributed by atoms with van der Waals surface area (Å²) in [6.45, 7) is 5.60. The number of allylic oxidation sites excluding steroid dienone is 1. The van der Waals surface area contributed by atoms with Crippen molar-refractivity contribution >= 4 is 35.0 Å². The lowest BCUT2D eigenvalue weighted by Crippen LogP contribution is -2.47. The molecule has 0 aromatic heterocycles. The molecule has 3 rings (SSSR count). The molecular formula is C23H27ClNO6PS. The van der Waals surface area contributed by atoms with Crippen molar-refractivity contribution in [3.05, 3.63) is 76.3 Å². The molecule has 178 valence electrons. The number of fused-ring (bicyclic) bond motifs is 1. The van der Waals surface area contributed by atoms with Crippen molar-refractivity contribution in [3.8, 4) is 0 Å². The number of halogens is 1. The third-order valence-corrected chi connectivity index (χ3v) is 9.43. The fourth-order valence-electron chi connectivity index (χ4n) is 3.48. The summed E-state index contributed by atoms with van der Waals surface area (Å²) in [4.78, 5) is 12.7. The van der Waals surface area contributed by atoms with Crippen LogP contribution >= 0.6 is 19.2 Å². The number of carbonyl (C=O) groups is 1. The van der Waals surface area contributed by atoms with Crippen LogP contribution in [0.25, 0.3) is 0 Å². The third-order valence-electron chi connectivity index (χ3n) is 5.12. The summed E-state index contributed by atoms with van der Waals surface area (Å²) in [5.41, 5.74) is 1.16. The molecule has 0 saturated heterocycles. The lowest BCUT2D eigenvalue weighted by Gasteiger charge is -2.40. The number of benzene rings is 2. The standard InChI is InChI=1S/C23H27ClNO6PS/c1-4-14-30-32(27,31-15-5-2)23(25-33(28,29)18-12-10-17(3)11-13-18)16-21(24)22(26)19-8-6-7-9-20(19)23/h6-13,16,25H,4-5,14-15H2,1-3H3. The van der Waals surface area contributed by atoms with Gasteiger partial charge in [0.1, 0.15) is 0 Å². The van der Waals surface area contributed by atoms with Gasteiger partial charge in [0, 0.05) is 11.1 Å². The highest BCUT2D eigenvalue weighted by Gasteiger charge is 2.57. The van der Waals surface area contributed by atoms with E-state index in [2.05, 4.69) is 4.72 Å². The summed E-state index contributed by atoms with van der Waals surface area (Å²) in [5, 5.41) is -2.32. The normalized spacial score (nSPS) is 18.7. The van der Waals surface area contributed by atoms with Crippen LogP contribution in [0.2, 0.25) is 0 Å². The summed E-state index contributed by atoms with van der Waals surface area (Å²) in [6, 6.07) is 12.5. The lowest BCUT2D eigenvalue weighted by atomic mass is 9.92. The van der Waals surface area contributed by atoms with E-state index in [1.165, 1.54) is 24.3 Å². The highest BCUT2D eigenvalue weighted by atomic mass is 35.5. The van der Waals surface area contributed by atoms with Crippen molar-refractivity contribution in [2.75, 3.05) is 13.2 Å². The van der Waals surface area contributed by atoms with Gasteiger partial charge in [-0.2, -0.15) is 4.72 Å². The van der Waals surface area contributed by atoms with Crippen LogP contribution in [0.5, 0.6) is 0 Å². The summed E-state index contributed by atoms with van der Waals surface area (Å²) in [7, 11) is -8.53. The molecule has 0 bridgehead atoms. The molecule has 0 spiro atoms. The Morgan fingerprint density at radius 3 is 2.15 bits per heavy atom. The van der Waals surface area contributed by atoms with E-state index in [-0.39, 0.29) is 34.3 Å². The van der Waals surface area contributed by atoms with Gasteiger partial charge in [-0.15, -0.1) is 0 Å². The van der Waals surface area contributed by atoms with Gasteiger partial charge in [-0.1, -0.05) is 67.4 Å². The monoisotopic (exact) mass is 511 g/mol. The van der Waals surface area contributed by atoms with Crippen molar-refractivity contribution < 1.29 is 26.8 Å². The molecule has 0 radical (unpaired) electrons. The number of hydrogen-bond acceptors (Lipinski definition) is 6. The Morgan fingerprint density at radius 1 is 1.00 bits per heavy atom. The van der Waals surface area contributed by atoms with Crippen LogP contribution in [0, 0.1) is 6.92 Å². The number of carbonyl (C=O) groups excluding carboxylic acids is 1. The molecule has 7 nitrogen and oxygen atoms in total. The maximum Gasteiger partial charge on any atom is 0.360 e. The molecule has 2 aromatic rings. The summed E-state index contributed by atoms with van der Waals surface area (Å²) >= 11 is 6.29. The zero-order valence-electron chi connectivity index (χ0n) is 18.7. The molecule has 0 heterocycles. The van der Waals surface area contributed by atoms with Crippen LogP contribution in [-0.4, -0.2) is 27.4 Å². The molecule has 10 heteroatoms. The zero-order chi connectivity index (χ0) is 24.3. The third kappa shape index (κ3) is 5.02. The van der Waals surface area contributed by atoms with Crippen molar-refractivity contribution in [1.29, 1.82) is 0 Å². The topological polar surface area (TPSA) is 98.8 Å². The van der Waals surface area contributed by atoms with Crippen molar-refractivity contribution in [2.24, 2.45) is 0 Å². The number of ketones is 1. The van der Waals surface area contributed by atoms with Gasteiger partial charge < -0.3 is 9.05 Å². The van der Waals surface area contributed by atoms with E-state index < -0.39 is 28.7 Å². The second-order valence-electron chi connectivity index (χ2n) is 7.72. The second kappa shape index (κ2) is 10.2. The Kier molecular flexibility index (Phi) is 7.99. The number of sulfonamides is 1. The minimum absolute atomic E-state index is 0.0380. The van der Waals surface area contributed by atoms with Gasteiger partial charge in [0.15, 0.2) is 5.28 Å². The summed E-state index contributed by atoms with van der Waals surface area (Å²) in [6.07, 6.45) is 2.17. The molecule has 0 aliphatic heterocycles. The smallest absolute Gasteiger partial charge is 0.307 e. The predicted molar refractivity (Wildman–Crippen MR) is 128 cm³/mol. The molecule has 33 heavy (non-hydrogen) atoms. The van der Waals surface area contributed by atoms with Gasteiger partial charge in [-0.05, 0) is 38.0 Å². The molecule has 0 saturated carbocycles. The maximum atomic E-state index is 14.4. The molecule has 0 fully saturated rings. The van der Waals surface area contributed by atoms with Crippen LogP contribution < -0.4 is 4.72 Å². The van der Waals surface area contributed by atoms with E-state index in [1.54, 1.807) is 24.3 Å². The van der Waals surface area contributed by atoms with Crippen LogP contribution in [0.3, 0.4) is 0 Å². The minimum atomic E-state index is -4.28. The largest absolute Gasteiger partial charge is 0.360 e. The quantitative estimate of drug-likeness (QED) is 0.423. The Morgan fingerprint density at radius 2 is 1.58 bits per heavy atom. The molecule has 1 aliphatic rings. The van der Waals surface area contributed by atoms with E-state index in [0.717, 1.165) is 11.6 Å². The Balaban J connectivity index is 2.30. The van der Waals surface area contributed by atoms with E-state index >= 15 is 0 Å². The first-order valence-corrected chi connectivity index (χ1v) is 14.0. The average molecular weight is 512 g/mol. The van der Waals surface area contributed by atoms with Crippen LogP contribution in [0.15, 0.2) is 64.5 Å². The Labute approximate surface area is 199 Å². The molecule has 1 aliphatic carbocycles. The summed E-state index contributed by atoms with van der Waals surface area (Å²) < 4.78 is 55.5. The van der Waals surface area contributed by atoms with Crippen molar-refractivity contribution in [1.82, 2.24) is 4.72 Å². The average Bonchev–Trinajstić information content (AvgIpc) is 2.79. The van der Waals surface area contributed by atoms with Gasteiger partial charge in [0.25, 0.3) is 0 Å². The van der Waals surface area contributed by atoms with Gasteiger partial charge >= 0.3 is 7.60 Å². The van der Waals surface area contributed by atoms with Crippen LogP contribution in [0.1, 0.15) is 48.2 Å². The molecule has 0 amide bonds. The molecule has 1 N–H and O–H groups in total. The van der Waals surface area contributed by atoms with Crippen molar-refractivity contribution in [3.63, 3.8) is 0 Å². The molecule has 2 aromatic carbocycles. The maximum absolute atomic E-state index is 14.4. The Hall–Kier alpha value is -1.80. The number of nitrogens with one attached hydrogen (secondary N) is 1. The van der Waals surface area contributed by atoms with Crippen LogP contribution in [-0.2, 0) is 28.9 Å². The highest BCUT2D eigenvalue weighted by Crippen LogP contribution is 2.66. The van der Waals surface area contributed by atoms with Gasteiger partial charge in [-0.3, -0.25) is 9.36 Å². The minimum Gasteiger partial charge on any atom is -0.307 e. The highest BCUT2D eigenvalue weighted by molar-refractivity contribution is 7.90. The van der Waals surface area contributed by atoms with Gasteiger partial charge in [0.05, 0.1) is 23.1 Å². The van der Waals surface area contributed by atoms with Gasteiger partial charge in [0.2, 0.25) is 15.8 Å². The number of Topliss-reactive ketones (excluding diaryl/α,β-unsaturated/α-hetero) is 1. The Bertz CT molecular complexity index is 1200. The number of hydrogen-bond donors (Lipinski definition) is 1. The predicted octanol–water partition coefficient (Wildman–Crippen LogP) is 5.49. The first-order chi connectivity index (χ1) is 15.6. The first-order valence-electron chi connectivity index (χ1n) is 10.6. The SMILES string of the molecule is CCCOP(=O)(OCCC)C1(NS(=O)(=O)c2ccc(C)cc2)C=C(Cl)C(=O)c2ccccc21. The molecular weight excluding hydrogens is 485 g/mol. The van der Waals surface area contributed by atoms with Crippen LogP contribution in [0.4, 0.5) is 0 Å².